The number of rotatable bonds is 1. The Bertz CT molecular complexity index is 179. The zero-order valence-corrected chi connectivity index (χ0v) is 6.69. The zero-order valence-electron chi connectivity index (χ0n) is 7.69. The van der Waals surface area contributed by atoms with Gasteiger partial charge in [0.05, 0.1) is 0 Å². The summed E-state index contributed by atoms with van der Waals surface area (Å²) in [7, 11) is 0. The number of allylic oxidation sites excluding steroid dienone is 3. The van der Waals surface area contributed by atoms with Gasteiger partial charge in [-0.3, -0.25) is 0 Å². The normalized spacial score (nSPS) is 27.1. The van der Waals surface area contributed by atoms with Crippen molar-refractivity contribution in [3.63, 3.8) is 0 Å². The minimum atomic E-state index is 0.400. The van der Waals surface area contributed by atoms with E-state index >= 15 is 0 Å². The van der Waals surface area contributed by atoms with Gasteiger partial charge in [-0.05, 0) is 39.0 Å². The molecule has 0 nitrogen and oxygen atoms in total. The van der Waals surface area contributed by atoms with E-state index in [0.29, 0.717) is 12.8 Å². The van der Waals surface area contributed by atoms with Crippen molar-refractivity contribution in [2.45, 2.75) is 33.1 Å². The lowest BCUT2D eigenvalue weighted by Crippen LogP contribution is -2.04. The molecule has 0 aliphatic heterocycles. The fourth-order valence-corrected chi connectivity index (χ4v) is 1.34. The summed E-state index contributed by atoms with van der Waals surface area (Å²) < 4.78 is 7.17. The molecule has 0 saturated carbocycles. The van der Waals surface area contributed by atoms with Crippen LogP contribution in [-0.2, 0) is 0 Å². The smallest absolute Gasteiger partial charge is 0.0276 e. The highest BCUT2D eigenvalue weighted by molar-refractivity contribution is 5.09. The van der Waals surface area contributed by atoms with Gasteiger partial charge in [0.25, 0.3) is 0 Å². The molecule has 1 aliphatic rings. The van der Waals surface area contributed by atoms with E-state index in [-0.39, 0.29) is 0 Å². The van der Waals surface area contributed by atoms with Gasteiger partial charge in [-0.2, -0.15) is 0 Å². The van der Waals surface area contributed by atoms with Gasteiger partial charge in [0.1, 0.15) is 0 Å². The average molecular weight is 138 g/mol. The average Bonchev–Trinajstić information content (AvgIpc) is 2.05. The Labute approximate surface area is 65.0 Å². The molecule has 0 spiro atoms. The first-order valence-electron chi connectivity index (χ1n) is 4.57. The van der Waals surface area contributed by atoms with Crippen LogP contribution in [0.5, 0.6) is 0 Å². The molecule has 0 N–H and O–H groups in total. The Morgan fingerprint density at radius 3 is 3.20 bits per heavy atom. The van der Waals surface area contributed by atoms with Gasteiger partial charge in [-0.15, -0.1) is 0 Å². The van der Waals surface area contributed by atoms with Crippen molar-refractivity contribution in [3.8, 4) is 0 Å². The molecular weight excluding hydrogens is 120 g/mol. The van der Waals surface area contributed by atoms with Crippen LogP contribution in [0.2, 0.25) is 0 Å². The number of hydrogen-bond acceptors (Lipinski definition) is 0. The first-order chi connectivity index (χ1) is 5.24. The lowest BCUT2D eigenvalue weighted by molar-refractivity contribution is 0.540. The van der Waals surface area contributed by atoms with Crippen LogP contribution in [0.15, 0.2) is 23.8 Å². The van der Waals surface area contributed by atoms with Crippen LogP contribution >= 0.6 is 0 Å². The maximum atomic E-state index is 7.17. The molecule has 0 saturated heterocycles. The highest BCUT2D eigenvalue weighted by Gasteiger charge is 2.11. The first kappa shape index (κ1) is 6.21. The third-order valence-corrected chi connectivity index (χ3v) is 2.22. The summed E-state index contributed by atoms with van der Waals surface area (Å²) in [6, 6.07) is 0. The van der Waals surface area contributed by atoms with Gasteiger partial charge < -0.3 is 0 Å². The monoisotopic (exact) mass is 138 g/mol. The summed E-state index contributed by atoms with van der Waals surface area (Å²) >= 11 is 0. The maximum Gasteiger partial charge on any atom is 0.0276 e. The van der Waals surface area contributed by atoms with Gasteiger partial charge in [-0.25, -0.2) is 0 Å². The van der Waals surface area contributed by atoms with Gasteiger partial charge in [0.15, 0.2) is 0 Å². The third-order valence-electron chi connectivity index (χ3n) is 2.22. The summed E-state index contributed by atoms with van der Waals surface area (Å²) in [5.74, 6) is 0.594. The maximum absolute atomic E-state index is 7.17. The predicted octanol–water partition coefficient (Wildman–Crippen LogP) is 3.31. The Morgan fingerprint density at radius 1 is 1.90 bits per heavy atom. The number of hydrogen-bond donors (Lipinski definition) is 0. The second-order valence-corrected chi connectivity index (χ2v) is 3.18. The second-order valence-electron chi connectivity index (χ2n) is 3.18. The van der Waals surface area contributed by atoms with Crippen LogP contribution in [0.25, 0.3) is 0 Å². The molecule has 0 aromatic rings. The summed E-state index contributed by atoms with van der Waals surface area (Å²) in [4.78, 5) is 0. The van der Waals surface area contributed by atoms with Gasteiger partial charge in [0.2, 0.25) is 0 Å². The van der Waals surface area contributed by atoms with Crippen LogP contribution in [0.1, 0.15) is 34.5 Å². The summed E-state index contributed by atoms with van der Waals surface area (Å²) in [5, 5.41) is 0. The van der Waals surface area contributed by atoms with Crippen molar-refractivity contribution in [1.82, 2.24) is 0 Å². The molecule has 0 heterocycles. The van der Waals surface area contributed by atoms with E-state index < -0.39 is 0 Å². The van der Waals surface area contributed by atoms with Gasteiger partial charge >= 0.3 is 0 Å². The Balaban J connectivity index is 2.47. The molecule has 10 heavy (non-hydrogen) atoms. The molecule has 0 unspecified atom stereocenters. The zero-order chi connectivity index (χ0) is 8.27. The fourth-order valence-electron chi connectivity index (χ4n) is 1.34. The molecule has 0 heteroatoms. The summed E-state index contributed by atoms with van der Waals surface area (Å²) in [6.07, 6.45) is 5.81. The van der Waals surface area contributed by atoms with E-state index in [1.54, 1.807) is 0 Å². The van der Waals surface area contributed by atoms with Crippen molar-refractivity contribution in [1.29, 1.82) is 0 Å². The summed E-state index contributed by atoms with van der Waals surface area (Å²) in [6.45, 7) is 6.49. The van der Waals surface area contributed by atoms with Crippen molar-refractivity contribution < 1.29 is 1.37 Å². The van der Waals surface area contributed by atoms with Crippen molar-refractivity contribution in [3.05, 3.63) is 23.8 Å². The van der Waals surface area contributed by atoms with Crippen LogP contribution < -0.4 is 0 Å². The van der Waals surface area contributed by atoms with E-state index in [9.17, 15) is 0 Å². The quantitative estimate of drug-likeness (QED) is 0.488. The van der Waals surface area contributed by atoms with Crippen LogP contribution in [-0.4, -0.2) is 0 Å². The molecule has 0 radical (unpaired) electrons. The van der Waals surface area contributed by atoms with Crippen molar-refractivity contribution >= 4 is 0 Å². The molecule has 0 aromatic heterocycles. The van der Waals surface area contributed by atoms with Gasteiger partial charge in [-0.1, -0.05) is 23.8 Å². The van der Waals surface area contributed by atoms with Crippen molar-refractivity contribution in [2.75, 3.05) is 0 Å². The fraction of sp³-hybridized carbons (Fsp3) is 0.600. The topological polar surface area (TPSA) is 0 Å². The van der Waals surface area contributed by atoms with Crippen LogP contribution in [0.4, 0.5) is 0 Å². The lowest BCUT2D eigenvalue weighted by Gasteiger charge is -2.19. The molecule has 0 fully saturated rings. The van der Waals surface area contributed by atoms with Gasteiger partial charge in [0, 0.05) is 1.37 Å². The van der Waals surface area contributed by atoms with E-state index in [0.717, 1.165) is 12.0 Å². The SMILES string of the molecule is [3H]CC(=C)[C@H]1CC=C(C)CC1. The minimum absolute atomic E-state index is 0.400. The standard InChI is InChI=1S/C10H16/c1-8(2)10-6-4-9(3)5-7-10/h4,10H,1,5-7H2,2-3H3/t10-/m0/s1/i2T. The molecule has 0 bridgehead atoms. The predicted molar refractivity (Wildman–Crippen MR) is 45.9 cm³/mol. The molecule has 0 aromatic carbocycles. The molecule has 0 amide bonds. The molecule has 1 rings (SSSR count). The van der Waals surface area contributed by atoms with Crippen LogP contribution in [0, 0.1) is 5.92 Å². The highest BCUT2D eigenvalue weighted by Crippen LogP contribution is 2.27. The Hall–Kier alpha value is -0.520. The van der Waals surface area contributed by atoms with Crippen molar-refractivity contribution in [2.24, 2.45) is 5.92 Å². The minimum Gasteiger partial charge on any atom is -0.0998 e. The molecule has 1 atom stereocenters. The van der Waals surface area contributed by atoms with E-state index in [2.05, 4.69) is 19.6 Å². The largest absolute Gasteiger partial charge is 0.0998 e. The highest BCUT2D eigenvalue weighted by atomic mass is 14.2. The van der Waals surface area contributed by atoms with Crippen LogP contribution in [0.3, 0.4) is 0 Å². The molecule has 1 aliphatic carbocycles. The van der Waals surface area contributed by atoms with E-state index in [1.807, 2.05) is 0 Å². The van der Waals surface area contributed by atoms with E-state index in [1.165, 1.54) is 18.4 Å². The Morgan fingerprint density at radius 2 is 2.70 bits per heavy atom. The third kappa shape index (κ3) is 1.73. The first-order valence-corrected chi connectivity index (χ1v) is 3.86. The summed E-state index contributed by atoms with van der Waals surface area (Å²) in [5.41, 5.74) is 2.60. The van der Waals surface area contributed by atoms with E-state index in [4.69, 9.17) is 1.37 Å². The second kappa shape index (κ2) is 3.05. The molecule has 56 valence electrons. The Kier molecular flexibility index (Phi) is 1.89. The molecular formula is C10H16. The lowest BCUT2D eigenvalue weighted by atomic mass is 9.86.